The number of fused-ring (bicyclic) bond motifs is 3. The number of amides is 1. The Balaban J connectivity index is 1.27. The van der Waals surface area contributed by atoms with Crippen molar-refractivity contribution in [3.05, 3.63) is 84.6 Å². The molecular formula is C31H29N7O4S. The number of piperidine rings is 1. The van der Waals surface area contributed by atoms with Crippen LogP contribution >= 0.6 is 0 Å². The molecule has 5 aromatic rings. The Morgan fingerprint density at radius 1 is 0.953 bits per heavy atom. The van der Waals surface area contributed by atoms with E-state index in [1.165, 1.54) is 16.8 Å². The van der Waals surface area contributed by atoms with Crippen molar-refractivity contribution in [2.24, 2.45) is 0 Å². The molecule has 4 aromatic heterocycles. The van der Waals surface area contributed by atoms with Gasteiger partial charge in [-0.05, 0) is 43.9 Å². The van der Waals surface area contributed by atoms with Crippen LogP contribution in [0.1, 0.15) is 47.8 Å². The first-order valence-electron chi connectivity index (χ1n) is 14.1. The van der Waals surface area contributed by atoms with E-state index in [-0.39, 0.29) is 46.1 Å². The molecule has 7 rings (SSSR count). The zero-order valence-electron chi connectivity index (χ0n) is 23.3. The molecule has 2 bridgehead atoms. The molecule has 0 saturated carbocycles. The van der Waals surface area contributed by atoms with Crippen LogP contribution in [0.25, 0.3) is 28.0 Å². The first-order valence-corrected chi connectivity index (χ1v) is 16.0. The lowest BCUT2D eigenvalue weighted by atomic mass is 9.87. The van der Waals surface area contributed by atoms with Gasteiger partial charge in [0.05, 0.1) is 17.6 Å². The van der Waals surface area contributed by atoms with Gasteiger partial charge in [-0.15, -0.1) is 0 Å². The molecule has 2 unspecified atom stereocenters. The first kappa shape index (κ1) is 27.0. The van der Waals surface area contributed by atoms with E-state index in [2.05, 4.69) is 15.1 Å². The van der Waals surface area contributed by atoms with Gasteiger partial charge in [-0.25, -0.2) is 18.4 Å². The van der Waals surface area contributed by atoms with Crippen LogP contribution in [0.15, 0.2) is 78.1 Å². The van der Waals surface area contributed by atoms with E-state index in [4.69, 9.17) is 10.7 Å². The van der Waals surface area contributed by atoms with Crippen molar-refractivity contribution in [3.8, 4) is 28.1 Å². The van der Waals surface area contributed by atoms with Crippen molar-refractivity contribution in [3.63, 3.8) is 0 Å². The van der Waals surface area contributed by atoms with E-state index in [0.29, 0.717) is 29.7 Å². The molecule has 2 aliphatic heterocycles. The lowest BCUT2D eigenvalue weighted by Crippen LogP contribution is -2.46. The van der Waals surface area contributed by atoms with Crippen molar-refractivity contribution >= 4 is 27.2 Å². The molecule has 6 heterocycles. The number of aromatic hydroxyl groups is 1. The topological polar surface area (TPSA) is 157 Å². The van der Waals surface area contributed by atoms with Crippen LogP contribution in [0.4, 0.5) is 5.82 Å². The average Bonchev–Trinajstić information content (AvgIpc) is 3.55. The molecule has 1 amide bonds. The number of rotatable bonds is 5. The third kappa shape index (κ3) is 4.58. The molecule has 2 aliphatic rings. The van der Waals surface area contributed by atoms with Gasteiger partial charge < -0.3 is 15.7 Å². The van der Waals surface area contributed by atoms with Gasteiger partial charge in [0.25, 0.3) is 5.91 Å². The molecule has 3 N–H and O–H groups in total. The number of aromatic nitrogens is 5. The first-order chi connectivity index (χ1) is 20.7. The maximum absolute atomic E-state index is 13.4. The average molecular weight is 596 g/mol. The highest BCUT2D eigenvalue weighted by Gasteiger charge is 2.46. The van der Waals surface area contributed by atoms with Crippen LogP contribution in [0.2, 0.25) is 0 Å². The fourth-order valence-electron chi connectivity index (χ4n) is 6.63. The van der Waals surface area contributed by atoms with Gasteiger partial charge in [0, 0.05) is 53.3 Å². The summed E-state index contributed by atoms with van der Waals surface area (Å²) in [4.78, 5) is 28.9. The maximum Gasteiger partial charge on any atom is 0.276 e. The van der Waals surface area contributed by atoms with Crippen molar-refractivity contribution in [1.82, 2.24) is 29.5 Å². The van der Waals surface area contributed by atoms with E-state index in [1.807, 2.05) is 42.5 Å². The minimum Gasteiger partial charge on any atom is -0.505 e. The number of sulfone groups is 1. The fourth-order valence-corrected chi connectivity index (χ4v) is 7.69. The van der Waals surface area contributed by atoms with E-state index < -0.39 is 9.84 Å². The second kappa shape index (κ2) is 10.2. The molecule has 1 aromatic carbocycles. The minimum absolute atomic E-state index is 0.00637. The summed E-state index contributed by atoms with van der Waals surface area (Å²) in [6.07, 6.45) is 8.54. The fraction of sp³-hybridized carbons (Fsp3) is 0.258. The van der Waals surface area contributed by atoms with E-state index in [1.54, 1.807) is 23.4 Å². The summed E-state index contributed by atoms with van der Waals surface area (Å²) < 4.78 is 27.6. The largest absolute Gasteiger partial charge is 0.505 e. The van der Waals surface area contributed by atoms with Crippen LogP contribution < -0.4 is 5.73 Å². The summed E-state index contributed by atoms with van der Waals surface area (Å²) in [7, 11) is -3.77. The lowest BCUT2D eigenvalue weighted by Gasteiger charge is -2.39. The van der Waals surface area contributed by atoms with Gasteiger partial charge in [-0.2, -0.15) is 9.61 Å². The van der Waals surface area contributed by atoms with Crippen LogP contribution in [0.3, 0.4) is 0 Å². The van der Waals surface area contributed by atoms with E-state index >= 15 is 0 Å². The number of hydrogen-bond donors (Lipinski definition) is 2. The van der Waals surface area contributed by atoms with Crippen LogP contribution in [0, 0.1) is 0 Å². The van der Waals surface area contributed by atoms with Crippen LogP contribution in [-0.4, -0.2) is 67.2 Å². The highest BCUT2D eigenvalue weighted by molar-refractivity contribution is 7.91. The highest BCUT2D eigenvalue weighted by Crippen LogP contribution is 2.46. The number of anilines is 1. The number of carbonyl (C=O) groups excluding carboxylic acids is 1. The van der Waals surface area contributed by atoms with E-state index in [9.17, 15) is 18.3 Å². The van der Waals surface area contributed by atoms with Crippen molar-refractivity contribution < 1.29 is 18.3 Å². The number of nitrogens with zero attached hydrogens (tertiary/aromatic N) is 6. The Hall–Kier alpha value is -4.84. The Bertz CT molecular complexity index is 1960. The molecule has 0 radical (unpaired) electrons. The van der Waals surface area contributed by atoms with Gasteiger partial charge >= 0.3 is 0 Å². The van der Waals surface area contributed by atoms with Crippen LogP contribution in [0.5, 0.6) is 5.75 Å². The summed E-state index contributed by atoms with van der Waals surface area (Å²) in [5, 5.41) is 14.7. The normalized spacial score (nSPS) is 20.0. The quantitative estimate of drug-likeness (QED) is 0.305. The molecule has 12 heteroatoms. The summed E-state index contributed by atoms with van der Waals surface area (Å²) in [5.41, 5.74) is 10.7. The summed E-state index contributed by atoms with van der Waals surface area (Å²) in [5.74, 6) is -0.725. The monoisotopic (exact) mass is 595 g/mol. The van der Waals surface area contributed by atoms with Gasteiger partial charge in [-0.1, -0.05) is 36.4 Å². The predicted octanol–water partition coefficient (Wildman–Crippen LogP) is 4.10. The number of nitrogens with two attached hydrogens (primary N) is 1. The third-order valence-electron chi connectivity index (χ3n) is 8.52. The molecular weight excluding hydrogens is 566 g/mol. The number of nitrogen functional groups attached to an aromatic ring is 1. The minimum atomic E-state index is -3.77. The van der Waals surface area contributed by atoms with Crippen molar-refractivity contribution in [1.29, 1.82) is 0 Å². The van der Waals surface area contributed by atoms with Crippen molar-refractivity contribution in [2.75, 3.05) is 12.0 Å². The van der Waals surface area contributed by atoms with Gasteiger partial charge in [-0.3, -0.25) is 9.78 Å². The molecule has 2 fully saturated rings. The summed E-state index contributed by atoms with van der Waals surface area (Å²) >= 11 is 0. The molecule has 0 aliphatic carbocycles. The molecule has 218 valence electrons. The standard InChI is InChI=1S/C31H29N7O4S/c1-43(41,42)28-26(20-14-21-10-11-22(15-20)37(21)31(40)27-25(39)8-5-13-33-27)36-30-23(17-35-38(30)29(28)32)19-9-12-24(34-16-19)18-6-3-2-4-7-18/h2-9,12-13,16-17,20-22,39H,10-11,14-15,32H2,1H3/t20?,21-,22?/m0/s1. The second-order valence-electron chi connectivity index (χ2n) is 11.2. The molecule has 0 spiro atoms. The SMILES string of the molecule is CS(=O)(=O)c1c(C2CC3CC[C@@H](C2)N3C(=O)c2ncccc2O)nc2c(-c3ccc(-c4ccccc4)nc3)cnn2c1N. The number of pyridine rings is 2. The Morgan fingerprint density at radius 3 is 2.35 bits per heavy atom. The number of benzene rings is 1. The second-order valence-corrected chi connectivity index (χ2v) is 13.2. The maximum atomic E-state index is 13.4. The lowest BCUT2D eigenvalue weighted by molar-refractivity contribution is 0.0559. The van der Waals surface area contributed by atoms with Crippen molar-refractivity contribution in [2.45, 2.75) is 48.6 Å². The van der Waals surface area contributed by atoms with E-state index in [0.717, 1.165) is 35.9 Å². The smallest absolute Gasteiger partial charge is 0.276 e. The Labute approximate surface area is 248 Å². The summed E-state index contributed by atoms with van der Waals surface area (Å²) in [6, 6.07) is 16.4. The zero-order chi connectivity index (χ0) is 29.9. The number of carbonyl (C=O) groups is 1. The molecule has 3 atom stereocenters. The Kier molecular flexibility index (Phi) is 6.38. The third-order valence-corrected chi connectivity index (χ3v) is 9.68. The Morgan fingerprint density at radius 2 is 1.70 bits per heavy atom. The highest BCUT2D eigenvalue weighted by atomic mass is 32.2. The zero-order valence-corrected chi connectivity index (χ0v) is 24.1. The van der Waals surface area contributed by atoms with Gasteiger partial charge in [0.15, 0.2) is 21.2 Å². The molecule has 2 saturated heterocycles. The summed E-state index contributed by atoms with van der Waals surface area (Å²) in [6.45, 7) is 0. The number of hydrogen-bond acceptors (Lipinski definition) is 9. The van der Waals surface area contributed by atoms with Gasteiger partial charge in [0.1, 0.15) is 16.5 Å². The predicted molar refractivity (Wildman–Crippen MR) is 160 cm³/mol. The molecule has 11 nitrogen and oxygen atoms in total. The molecule has 43 heavy (non-hydrogen) atoms. The van der Waals surface area contributed by atoms with Crippen LogP contribution in [-0.2, 0) is 9.84 Å². The van der Waals surface area contributed by atoms with Gasteiger partial charge in [0.2, 0.25) is 0 Å².